The van der Waals surface area contributed by atoms with E-state index in [9.17, 15) is 9.18 Å². The van der Waals surface area contributed by atoms with Crippen LogP contribution < -0.4 is 0 Å². The number of benzene rings is 1. The van der Waals surface area contributed by atoms with Crippen LogP contribution in [-0.2, 0) is 14.4 Å². The molecule has 1 saturated carbocycles. The Morgan fingerprint density at radius 3 is 2.89 bits per heavy atom. The molecule has 2 atom stereocenters. The molecule has 1 aromatic rings. The Kier molecular flexibility index (Phi) is 6.11. The first-order valence-corrected chi connectivity index (χ1v) is 10.4. The van der Waals surface area contributed by atoms with Crippen LogP contribution in [0.5, 0.6) is 0 Å². The van der Waals surface area contributed by atoms with Crippen molar-refractivity contribution in [3.05, 3.63) is 35.1 Å². The zero-order valence-electron chi connectivity index (χ0n) is 15.9. The van der Waals surface area contributed by atoms with Crippen molar-refractivity contribution in [3.63, 3.8) is 0 Å². The summed E-state index contributed by atoms with van der Waals surface area (Å²) in [6.07, 6.45) is 4.78. The van der Waals surface area contributed by atoms with Crippen LogP contribution in [0.1, 0.15) is 50.7 Å². The molecule has 0 saturated heterocycles. The smallest absolute Gasteiger partial charge is 0.322 e. The lowest BCUT2D eigenvalue weighted by Crippen LogP contribution is -2.37. The van der Waals surface area contributed by atoms with E-state index in [0.717, 1.165) is 12.8 Å². The Bertz CT molecular complexity index is 809. The molecule has 0 N–H and O–H groups in total. The zero-order valence-corrected chi connectivity index (χ0v) is 16.7. The number of oxime groups is 1. The quantitative estimate of drug-likeness (QED) is 0.542. The standard InChI is InChI=1S/C21H24FNO3S/c1-4-25-20(24)21(2,27-3)13-16-12-19(23-26-16)17-10-9-15(11-18(17)22)8-7-14-5-6-14/h9-11,14,16H,4-6,12-13H2,1-3H3. The highest BCUT2D eigenvalue weighted by Gasteiger charge is 2.39. The molecule has 1 aliphatic heterocycles. The Hall–Kier alpha value is -2.00. The molecule has 3 rings (SSSR count). The number of halogens is 1. The van der Waals surface area contributed by atoms with Gasteiger partial charge in [0, 0.05) is 29.9 Å². The summed E-state index contributed by atoms with van der Waals surface area (Å²) in [5.41, 5.74) is 1.67. The molecular weight excluding hydrogens is 365 g/mol. The van der Waals surface area contributed by atoms with E-state index < -0.39 is 4.75 Å². The first-order chi connectivity index (χ1) is 12.9. The normalized spacial score (nSPS) is 20.7. The largest absolute Gasteiger partial charge is 0.465 e. The molecule has 0 spiro atoms. The molecule has 4 nitrogen and oxygen atoms in total. The van der Waals surface area contributed by atoms with Gasteiger partial charge in [-0.1, -0.05) is 17.0 Å². The molecule has 2 unspecified atom stereocenters. The first kappa shape index (κ1) is 19.8. The molecule has 1 fully saturated rings. The molecule has 0 radical (unpaired) electrons. The summed E-state index contributed by atoms with van der Waals surface area (Å²) in [6, 6.07) is 4.97. The predicted octanol–water partition coefficient (Wildman–Crippen LogP) is 4.16. The lowest BCUT2D eigenvalue weighted by atomic mass is 9.96. The number of esters is 1. The highest BCUT2D eigenvalue weighted by molar-refractivity contribution is 8.00. The average molecular weight is 389 g/mol. The third-order valence-electron chi connectivity index (χ3n) is 4.79. The van der Waals surface area contributed by atoms with Gasteiger partial charge in [0.25, 0.3) is 0 Å². The maximum absolute atomic E-state index is 14.5. The lowest BCUT2D eigenvalue weighted by Gasteiger charge is -2.26. The second kappa shape index (κ2) is 8.35. The minimum absolute atomic E-state index is 0.265. The zero-order chi connectivity index (χ0) is 19.4. The van der Waals surface area contributed by atoms with Gasteiger partial charge < -0.3 is 9.57 Å². The molecule has 0 amide bonds. The number of rotatable bonds is 6. The van der Waals surface area contributed by atoms with E-state index in [1.807, 2.05) is 19.2 Å². The van der Waals surface area contributed by atoms with Crippen molar-refractivity contribution in [2.45, 2.75) is 50.4 Å². The number of hydrogen-bond donors (Lipinski definition) is 0. The fourth-order valence-electron chi connectivity index (χ4n) is 2.91. The van der Waals surface area contributed by atoms with Crippen LogP contribution in [0, 0.1) is 23.6 Å². The van der Waals surface area contributed by atoms with E-state index >= 15 is 0 Å². The molecule has 0 aromatic heterocycles. The molecule has 1 heterocycles. The van der Waals surface area contributed by atoms with Gasteiger partial charge in [-0.15, -0.1) is 11.8 Å². The lowest BCUT2D eigenvalue weighted by molar-refractivity contribution is -0.146. The highest BCUT2D eigenvalue weighted by atomic mass is 32.2. The van der Waals surface area contributed by atoms with Crippen LogP contribution in [0.4, 0.5) is 4.39 Å². The topological polar surface area (TPSA) is 47.9 Å². The Labute approximate surface area is 163 Å². The highest BCUT2D eigenvalue weighted by Crippen LogP contribution is 2.34. The monoisotopic (exact) mass is 389 g/mol. The van der Waals surface area contributed by atoms with Crippen molar-refractivity contribution < 1.29 is 18.8 Å². The van der Waals surface area contributed by atoms with E-state index in [1.165, 1.54) is 17.8 Å². The predicted molar refractivity (Wildman–Crippen MR) is 105 cm³/mol. The molecule has 1 aromatic carbocycles. The molecule has 27 heavy (non-hydrogen) atoms. The molecule has 0 bridgehead atoms. The summed E-state index contributed by atoms with van der Waals surface area (Å²) in [7, 11) is 0. The van der Waals surface area contributed by atoms with Gasteiger partial charge in [0.2, 0.25) is 0 Å². The third kappa shape index (κ3) is 4.84. The number of hydrogen-bond acceptors (Lipinski definition) is 5. The van der Waals surface area contributed by atoms with Crippen molar-refractivity contribution in [3.8, 4) is 11.8 Å². The van der Waals surface area contributed by atoms with Crippen LogP contribution in [0.2, 0.25) is 0 Å². The van der Waals surface area contributed by atoms with Gasteiger partial charge >= 0.3 is 5.97 Å². The van der Waals surface area contributed by atoms with Crippen LogP contribution in [0.3, 0.4) is 0 Å². The van der Waals surface area contributed by atoms with E-state index in [2.05, 4.69) is 17.0 Å². The van der Waals surface area contributed by atoms with Crippen molar-refractivity contribution in [1.82, 2.24) is 0 Å². The van der Waals surface area contributed by atoms with E-state index in [-0.39, 0.29) is 17.9 Å². The fourth-order valence-corrected chi connectivity index (χ4v) is 3.48. The molecule has 1 aliphatic carbocycles. The summed E-state index contributed by atoms with van der Waals surface area (Å²) < 4.78 is 19.0. The van der Waals surface area contributed by atoms with Crippen molar-refractivity contribution >= 4 is 23.4 Å². The van der Waals surface area contributed by atoms with Crippen LogP contribution in [-0.4, -0.2) is 35.4 Å². The molecule has 144 valence electrons. The van der Waals surface area contributed by atoms with E-state index in [0.29, 0.717) is 42.2 Å². The van der Waals surface area contributed by atoms with Crippen LogP contribution in [0.15, 0.2) is 23.4 Å². The maximum Gasteiger partial charge on any atom is 0.322 e. The van der Waals surface area contributed by atoms with Gasteiger partial charge in [-0.2, -0.15) is 0 Å². The summed E-state index contributed by atoms with van der Waals surface area (Å²) in [5.74, 6) is 6.02. The molecule has 6 heteroatoms. The van der Waals surface area contributed by atoms with Gasteiger partial charge in [-0.3, -0.25) is 4.79 Å². The van der Waals surface area contributed by atoms with Gasteiger partial charge in [-0.05, 0) is 51.1 Å². The Balaban J connectivity index is 1.65. The van der Waals surface area contributed by atoms with Gasteiger partial charge in [-0.25, -0.2) is 4.39 Å². The van der Waals surface area contributed by atoms with Gasteiger partial charge in [0.1, 0.15) is 16.7 Å². The fraction of sp³-hybridized carbons (Fsp3) is 0.524. The van der Waals surface area contributed by atoms with E-state index in [4.69, 9.17) is 9.57 Å². The summed E-state index contributed by atoms with van der Waals surface area (Å²) in [5, 5.41) is 4.07. The average Bonchev–Trinajstić information content (AvgIpc) is 3.38. The summed E-state index contributed by atoms with van der Waals surface area (Å²) in [6.45, 7) is 3.96. The molecular formula is C21H24FNO3S. The number of carbonyl (C=O) groups is 1. The van der Waals surface area contributed by atoms with Crippen molar-refractivity contribution in [2.24, 2.45) is 11.1 Å². The minimum atomic E-state index is -0.716. The number of ether oxygens (including phenoxy) is 1. The van der Waals surface area contributed by atoms with E-state index in [1.54, 1.807) is 13.0 Å². The van der Waals surface area contributed by atoms with Crippen LogP contribution >= 0.6 is 11.8 Å². The number of nitrogens with zero attached hydrogens (tertiary/aromatic N) is 1. The number of carbonyl (C=O) groups excluding carboxylic acids is 1. The summed E-state index contributed by atoms with van der Waals surface area (Å²) in [4.78, 5) is 17.7. The van der Waals surface area contributed by atoms with Crippen LogP contribution in [0.25, 0.3) is 0 Å². The molecule has 2 aliphatic rings. The van der Waals surface area contributed by atoms with Gasteiger partial charge in [0.15, 0.2) is 0 Å². The number of thioether (sulfide) groups is 1. The first-order valence-electron chi connectivity index (χ1n) is 9.21. The SMILES string of the molecule is CCOC(=O)C(C)(CC1CC(c2ccc(C#CC3CC3)cc2F)=NO1)SC. The van der Waals surface area contributed by atoms with Crippen molar-refractivity contribution in [1.29, 1.82) is 0 Å². The second-order valence-corrected chi connectivity index (χ2v) is 8.38. The third-order valence-corrected chi connectivity index (χ3v) is 6.02. The second-order valence-electron chi connectivity index (χ2n) is 7.07. The van der Waals surface area contributed by atoms with Crippen molar-refractivity contribution in [2.75, 3.05) is 12.9 Å². The van der Waals surface area contributed by atoms with Gasteiger partial charge in [0.05, 0.1) is 12.3 Å². The maximum atomic E-state index is 14.5. The minimum Gasteiger partial charge on any atom is -0.465 e. The Morgan fingerprint density at radius 1 is 1.48 bits per heavy atom. The Morgan fingerprint density at radius 2 is 2.26 bits per heavy atom. The summed E-state index contributed by atoms with van der Waals surface area (Å²) >= 11 is 1.43.